The zero-order chi connectivity index (χ0) is 15.3. The summed E-state index contributed by atoms with van der Waals surface area (Å²) in [4.78, 5) is 27.3. The average Bonchev–Trinajstić information content (AvgIpc) is 2.69. The maximum Gasteiger partial charge on any atom is 0.264 e. The van der Waals surface area contributed by atoms with Gasteiger partial charge in [0.25, 0.3) is 5.91 Å². The Labute approximate surface area is 125 Å². The normalized spacial score (nSPS) is 10.7. The molecule has 0 fully saturated rings. The zero-order valence-electron chi connectivity index (χ0n) is 12.9. The molecule has 0 unspecified atom stereocenters. The zero-order valence-corrected chi connectivity index (χ0v) is 13.8. The third-order valence-corrected chi connectivity index (χ3v) is 4.01. The fourth-order valence-corrected chi connectivity index (χ4v) is 3.05. The molecule has 4 nitrogen and oxygen atoms in total. The molecule has 1 N–H and O–H groups in total. The molecule has 0 saturated carbocycles. The Balaban J connectivity index is 2.69. The minimum atomic E-state index is -0.127. The van der Waals surface area contributed by atoms with Gasteiger partial charge in [-0.25, -0.2) is 0 Å². The van der Waals surface area contributed by atoms with Crippen LogP contribution in [0.2, 0.25) is 0 Å². The molecule has 1 heterocycles. The van der Waals surface area contributed by atoms with Crippen molar-refractivity contribution in [3.8, 4) is 0 Å². The number of likely N-dealkylation sites (N-methyl/N-ethyl adjacent to an activating group) is 1. The molecule has 20 heavy (non-hydrogen) atoms. The van der Waals surface area contributed by atoms with E-state index in [-0.39, 0.29) is 24.4 Å². The third-order valence-electron chi connectivity index (χ3n) is 2.93. The fourth-order valence-electron chi connectivity index (χ4n) is 1.99. The molecular weight excluding hydrogens is 272 g/mol. The molecule has 0 saturated heterocycles. The lowest BCUT2D eigenvalue weighted by Gasteiger charge is -2.17. The highest BCUT2D eigenvalue weighted by Crippen LogP contribution is 2.23. The van der Waals surface area contributed by atoms with Crippen molar-refractivity contribution in [2.45, 2.75) is 46.6 Å². The number of nitrogens with one attached hydrogen (secondary N) is 1. The lowest BCUT2D eigenvalue weighted by molar-refractivity contribution is -0.122. The largest absolute Gasteiger partial charge is 0.352 e. The number of aryl methyl sites for hydroxylation is 2. The maximum absolute atomic E-state index is 12.3. The van der Waals surface area contributed by atoms with Gasteiger partial charge in [-0.3, -0.25) is 9.59 Å². The van der Waals surface area contributed by atoms with E-state index in [1.54, 1.807) is 7.05 Å². The fraction of sp³-hybridized carbons (Fsp3) is 0.600. The Morgan fingerprint density at radius 1 is 1.40 bits per heavy atom. The lowest BCUT2D eigenvalue weighted by atomic mass is 10.1. The van der Waals surface area contributed by atoms with Gasteiger partial charge in [-0.05, 0) is 38.8 Å². The van der Waals surface area contributed by atoms with E-state index in [9.17, 15) is 9.59 Å². The van der Waals surface area contributed by atoms with Crippen LogP contribution in [0.5, 0.6) is 0 Å². The quantitative estimate of drug-likeness (QED) is 0.877. The van der Waals surface area contributed by atoms with Crippen LogP contribution < -0.4 is 5.32 Å². The third kappa shape index (κ3) is 4.63. The van der Waals surface area contributed by atoms with Crippen molar-refractivity contribution >= 4 is 23.2 Å². The van der Waals surface area contributed by atoms with Crippen molar-refractivity contribution in [3.05, 3.63) is 21.4 Å². The summed E-state index contributed by atoms with van der Waals surface area (Å²) in [6, 6.07) is 2.05. The number of hydrogen-bond donors (Lipinski definition) is 1. The second kappa shape index (κ2) is 7.43. The first kappa shape index (κ1) is 16.7. The number of carbonyl (C=O) groups excluding carboxylic acids is 2. The highest BCUT2D eigenvalue weighted by Gasteiger charge is 2.18. The van der Waals surface area contributed by atoms with Crippen LogP contribution in [0.15, 0.2) is 6.07 Å². The van der Waals surface area contributed by atoms with Crippen LogP contribution in [0.4, 0.5) is 0 Å². The minimum absolute atomic E-state index is 0.0839. The molecule has 0 bridgehead atoms. The van der Waals surface area contributed by atoms with Crippen molar-refractivity contribution in [1.29, 1.82) is 0 Å². The van der Waals surface area contributed by atoms with Crippen LogP contribution >= 0.6 is 11.3 Å². The SMILES string of the molecule is CCCc1cc(C(=O)N(C)CC(=O)NC(C)C)sc1C. The Hall–Kier alpha value is -1.36. The number of rotatable bonds is 6. The molecule has 0 spiro atoms. The van der Waals surface area contributed by atoms with Gasteiger partial charge in [0.05, 0.1) is 11.4 Å². The summed E-state index contributed by atoms with van der Waals surface area (Å²) in [6.07, 6.45) is 2.06. The number of hydrogen-bond acceptors (Lipinski definition) is 3. The van der Waals surface area contributed by atoms with Gasteiger partial charge in [0.2, 0.25) is 5.91 Å². The summed E-state index contributed by atoms with van der Waals surface area (Å²) in [5.41, 5.74) is 1.24. The van der Waals surface area contributed by atoms with E-state index in [0.29, 0.717) is 4.88 Å². The van der Waals surface area contributed by atoms with Gasteiger partial charge >= 0.3 is 0 Å². The summed E-state index contributed by atoms with van der Waals surface area (Å²) in [5.74, 6) is -0.211. The van der Waals surface area contributed by atoms with Gasteiger partial charge in [0, 0.05) is 18.0 Å². The topological polar surface area (TPSA) is 49.4 Å². The van der Waals surface area contributed by atoms with Crippen molar-refractivity contribution in [3.63, 3.8) is 0 Å². The van der Waals surface area contributed by atoms with Crippen LogP contribution in [0.1, 0.15) is 47.3 Å². The molecule has 112 valence electrons. The van der Waals surface area contributed by atoms with Crippen LogP contribution in [0, 0.1) is 6.92 Å². The van der Waals surface area contributed by atoms with E-state index >= 15 is 0 Å². The smallest absolute Gasteiger partial charge is 0.264 e. The second-order valence-corrected chi connectivity index (χ2v) is 6.58. The monoisotopic (exact) mass is 296 g/mol. The molecule has 0 atom stereocenters. The molecule has 0 aliphatic heterocycles. The molecular formula is C15H24N2O2S. The van der Waals surface area contributed by atoms with Gasteiger partial charge < -0.3 is 10.2 Å². The van der Waals surface area contributed by atoms with E-state index in [0.717, 1.165) is 12.8 Å². The molecule has 1 rings (SSSR count). The summed E-state index contributed by atoms with van der Waals surface area (Å²) in [5, 5.41) is 2.79. The van der Waals surface area contributed by atoms with Gasteiger partial charge in [-0.15, -0.1) is 11.3 Å². The average molecular weight is 296 g/mol. The molecule has 1 aromatic rings. The van der Waals surface area contributed by atoms with Crippen LogP contribution in [0.3, 0.4) is 0 Å². The Bertz CT molecular complexity index is 480. The van der Waals surface area contributed by atoms with E-state index in [1.807, 2.05) is 26.8 Å². The maximum atomic E-state index is 12.3. The van der Waals surface area contributed by atoms with Crippen molar-refractivity contribution in [1.82, 2.24) is 10.2 Å². The standard InChI is InChI=1S/C15H24N2O2S/c1-6-7-12-8-13(20-11(12)4)15(19)17(5)9-14(18)16-10(2)3/h8,10H,6-7,9H2,1-5H3,(H,16,18). The lowest BCUT2D eigenvalue weighted by Crippen LogP contribution is -2.40. The molecule has 0 aliphatic carbocycles. The van der Waals surface area contributed by atoms with E-state index in [1.165, 1.54) is 26.7 Å². The van der Waals surface area contributed by atoms with Crippen molar-refractivity contribution in [2.24, 2.45) is 0 Å². The number of amides is 2. The van der Waals surface area contributed by atoms with Gasteiger partial charge in [0.15, 0.2) is 0 Å². The Morgan fingerprint density at radius 2 is 2.05 bits per heavy atom. The van der Waals surface area contributed by atoms with Crippen LogP contribution in [0.25, 0.3) is 0 Å². The first-order chi connectivity index (χ1) is 9.35. The molecule has 2 amide bonds. The Kier molecular flexibility index (Phi) is 6.20. The number of nitrogens with zero attached hydrogens (tertiary/aromatic N) is 1. The molecule has 1 aromatic heterocycles. The first-order valence-corrected chi connectivity index (χ1v) is 7.80. The molecule has 5 heteroatoms. The van der Waals surface area contributed by atoms with Crippen LogP contribution in [-0.2, 0) is 11.2 Å². The highest BCUT2D eigenvalue weighted by atomic mass is 32.1. The molecule has 0 aliphatic rings. The second-order valence-electron chi connectivity index (χ2n) is 5.33. The van der Waals surface area contributed by atoms with Gasteiger partial charge in [-0.1, -0.05) is 13.3 Å². The summed E-state index contributed by atoms with van der Waals surface area (Å²) in [7, 11) is 1.66. The predicted molar refractivity (Wildman–Crippen MR) is 83.3 cm³/mol. The van der Waals surface area contributed by atoms with Crippen LogP contribution in [-0.4, -0.2) is 36.3 Å². The van der Waals surface area contributed by atoms with E-state index in [4.69, 9.17) is 0 Å². The highest BCUT2D eigenvalue weighted by molar-refractivity contribution is 7.14. The number of thiophene rings is 1. The minimum Gasteiger partial charge on any atom is -0.352 e. The molecule has 0 aromatic carbocycles. The van der Waals surface area contributed by atoms with Crippen molar-refractivity contribution in [2.75, 3.05) is 13.6 Å². The summed E-state index contributed by atoms with van der Waals surface area (Å²) < 4.78 is 0. The van der Waals surface area contributed by atoms with Crippen molar-refractivity contribution < 1.29 is 9.59 Å². The molecule has 0 radical (unpaired) electrons. The van der Waals surface area contributed by atoms with E-state index < -0.39 is 0 Å². The van der Waals surface area contributed by atoms with E-state index in [2.05, 4.69) is 12.2 Å². The first-order valence-electron chi connectivity index (χ1n) is 6.99. The summed E-state index contributed by atoms with van der Waals surface area (Å²) in [6.45, 7) is 8.06. The Morgan fingerprint density at radius 3 is 2.60 bits per heavy atom. The number of carbonyl (C=O) groups is 2. The van der Waals surface area contributed by atoms with Gasteiger partial charge in [-0.2, -0.15) is 0 Å². The van der Waals surface area contributed by atoms with Gasteiger partial charge in [0.1, 0.15) is 0 Å². The summed E-state index contributed by atoms with van der Waals surface area (Å²) >= 11 is 1.51. The predicted octanol–water partition coefficient (Wildman–Crippen LogP) is 2.61.